The molecule has 0 spiro atoms. The van der Waals surface area contributed by atoms with Crippen LogP contribution < -0.4 is 0 Å². The van der Waals surface area contributed by atoms with Crippen LogP contribution in [0.15, 0.2) is 64.4 Å². The van der Waals surface area contributed by atoms with Gasteiger partial charge in [0.25, 0.3) is 0 Å². The molecule has 1 aromatic carbocycles. The first kappa shape index (κ1) is 17.1. The number of esters is 1. The number of fused-ring (bicyclic) bond motifs is 1. The van der Waals surface area contributed by atoms with Gasteiger partial charge in [-0.2, -0.15) is 0 Å². The molecule has 3 rings (SSSR count). The first-order chi connectivity index (χ1) is 12.1. The van der Waals surface area contributed by atoms with Gasteiger partial charge in [0.05, 0.1) is 18.6 Å². The lowest BCUT2D eigenvalue weighted by Gasteiger charge is -2.29. The van der Waals surface area contributed by atoms with Crippen LogP contribution in [-0.4, -0.2) is 24.8 Å². The number of carbonyl (C=O) groups excluding carboxylic acids is 1. The summed E-state index contributed by atoms with van der Waals surface area (Å²) < 4.78 is 24.9. The number of hydrogen-bond acceptors (Lipinski definition) is 4. The van der Waals surface area contributed by atoms with E-state index in [4.69, 9.17) is 9.47 Å². The Morgan fingerprint density at radius 3 is 2.88 bits per heavy atom. The number of halogens is 1. The lowest BCUT2D eigenvalue weighted by molar-refractivity contribution is -0.138. The van der Waals surface area contributed by atoms with Crippen molar-refractivity contribution in [2.75, 3.05) is 6.61 Å². The van der Waals surface area contributed by atoms with Crippen molar-refractivity contribution < 1.29 is 18.7 Å². The van der Waals surface area contributed by atoms with Crippen molar-refractivity contribution >= 4 is 12.2 Å². The molecule has 0 fully saturated rings. The zero-order valence-corrected chi connectivity index (χ0v) is 14.2. The molecule has 0 amide bonds. The number of ether oxygens (including phenoxy) is 2. The average Bonchev–Trinajstić information content (AvgIpc) is 2.61. The van der Waals surface area contributed by atoms with Gasteiger partial charge in [0.1, 0.15) is 23.8 Å². The van der Waals surface area contributed by atoms with Crippen molar-refractivity contribution in [3.63, 3.8) is 0 Å². The Morgan fingerprint density at radius 2 is 2.12 bits per heavy atom. The third-order valence-corrected chi connectivity index (χ3v) is 4.15. The van der Waals surface area contributed by atoms with Crippen LogP contribution in [0.1, 0.15) is 19.4 Å². The number of dihydropyridines is 1. The van der Waals surface area contributed by atoms with Crippen molar-refractivity contribution in [1.82, 2.24) is 0 Å². The Hall–Kier alpha value is -2.69. The van der Waals surface area contributed by atoms with Crippen LogP contribution in [0.4, 0.5) is 4.39 Å². The van der Waals surface area contributed by atoms with Gasteiger partial charge in [0, 0.05) is 11.8 Å². The van der Waals surface area contributed by atoms with Crippen LogP contribution in [0.2, 0.25) is 0 Å². The zero-order valence-electron chi connectivity index (χ0n) is 14.2. The molecule has 0 saturated heterocycles. The molecular weight excluding hydrogens is 321 g/mol. The lowest BCUT2D eigenvalue weighted by Crippen LogP contribution is -2.29. The van der Waals surface area contributed by atoms with Crippen LogP contribution in [-0.2, 0) is 20.9 Å². The first-order valence-electron chi connectivity index (χ1n) is 8.27. The van der Waals surface area contributed by atoms with Crippen molar-refractivity contribution in [2.45, 2.75) is 26.5 Å². The normalized spacial score (nSPS) is 21.6. The second kappa shape index (κ2) is 7.47. The van der Waals surface area contributed by atoms with E-state index in [1.165, 1.54) is 12.3 Å². The van der Waals surface area contributed by atoms with Gasteiger partial charge in [0.15, 0.2) is 0 Å². The molecule has 2 unspecified atom stereocenters. The second-order valence-corrected chi connectivity index (χ2v) is 5.94. The minimum absolute atomic E-state index is 0.0403. The van der Waals surface area contributed by atoms with Crippen molar-refractivity contribution in [2.24, 2.45) is 10.9 Å². The highest BCUT2D eigenvalue weighted by molar-refractivity contribution is 6.10. The fourth-order valence-electron chi connectivity index (χ4n) is 2.89. The van der Waals surface area contributed by atoms with Crippen LogP contribution in [0, 0.1) is 11.7 Å². The zero-order chi connectivity index (χ0) is 17.8. The van der Waals surface area contributed by atoms with Gasteiger partial charge in [-0.3, -0.25) is 4.99 Å². The minimum atomic E-state index is -0.478. The Labute approximate surface area is 146 Å². The van der Waals surface area contributed by atoms with Gasteiger partial charge < -0.3 is 9.47 Å². The van der Waals surface area contributed by atoms with Crippen LogP contribution in [0.3, 0.4) is 0 Å². The molecule has 25 heavy (non-hydrogen) atoms. The SMILES string of the molecule is CCOC(=O)C1=C(OCc2ccccc2F)C2C=C(C)C=CC2N=C1. The molecule has 2 aliphatic rings. The van der Waals surface area contributed by atoms with Crippen molar-refractivity contribution in [3.8, 4) is 0 Å². The number of aliphatic imine (C=N–C) groups is 1. The smallest absolute Gasteiger partial charge is 0.343 e. The van der Waals surface area contributed by atoms with E-state index in [0.29, 0.717) is 16.9 Å². The molecule has 1 heterocycles. The fourth-order valence-corrected chi connectivity index (χ4v) is 2.89. The molecule has 2 atom stereocenters. The molecule has 4 nitrogen and oxygen atoms in total. The molecule has 1 aliphatic heterocycles. The summed E-state index contributed by atoms with van der Waals surface area (Å²) in [6, 6.07) is 6.30. The van der Waals surface area contributed by atoms with Crippen LogP contribution >= 0.6 is 0 Å². The lowest BCUT2D eigenvalue weighted by atomic mass is 9.87. The number of allylic oxidation sites excluding steroid dienone is 2. The summed E-state index contributed by atoms with van der Waals surface area (Å²) in [5, 5.41) is 0. The Balaban J connectivity index is 1.92. The number of carbonyl (C=O) groups is 1. The number of rotatable bonds is 5. The number of benzene rings is 1. The first-order valence-corrected chi connectivity index (χ1v) is 8.27. The highest BCUT2D eigenvalue weighted by atomic mass is 19.1. The molecule has 0 radical (unpaired) electrons. The number of nitrogens with zero attached hydrogens (tertiary/aromatic N) is 1. The van der Waals surface area contributed by atoms with Crippen LogP contribution in [0.5, 0.6) is 0 Å². The summed E-state index contributed by atoms with van der Waals surface area (Å²) in [4.78, 5) is 16.7. The molecule has 0 N–H and O–H groups in total. The molecular formula is C20H20FNO3. The second-order valence-electron chi connectivity index (χ2n) is 5.94. The molecule has 1 aliphatic carbocycles. The van der Waals surface area contributed by atoms with Crippen LogP contribution in [0.25, 0.3) is 0 Å². The Morgan fingerprint density at radius 1 is 1.32 bits per heavy atom. The molecule has 130 valence electrons. The minimum Gasteiger partial charge on any atom is -0.491 e. The van der Waals surface area contributed by atoms with Gasteiger partial charge >= 0.3 is 5.97 Å². The van der Waals surface area contributed by atoms with E-state index in [1.807, 2.05) is 25.2 Å². The highest BCUT2D eigenvalue weighted by Crippen LogP contribution is 2.33. The number of hydrogen-bond donors (Lipinski definition) is 0. The van der Waals surface area contributed by atoms with E-state index in [1.54, 1.807) is 25.1 Å². The van der Waals surface area contributed by atoms with Gasteiger partial charge in [0.2, 0.25) is 0 Å². The summed E-state index contributed by atoms with van der Waals surface area (Å²) in [7, 11) is 0. The fraction of sp³-hybridized carbons (Fsp3) is 0.300. The summed E-state index contributed by atoms with van der Waals surface area (Å²) in [5.41, 5.74) is 1.79. The van der Waals surface area contributed by atoms with E-state index in [2.05, 4.69) is 4.99 Å². The van der Waals surface area contributed by atoms with E-state index in [-0.39, 0.29) is 31.0 Å². The summed E-state index contributed by atoms with van der Waals surface area (Å²) >= 11 is 0. The maximum atomic E-state index is 13.9. The molecule has 0 aromatic heterocycles. The summed E-state index contributed by atoms with van der Waals surface area (Å²) in [5.74, 6) is -0.530. The standard InChI is InChI=1S/C20H20FNO3/c1-3-24-20(23)16-11-22-18-9-8-13(2)10-15(18)19(16)25-12-14-6-4-5-7-17(14)21/h4-11,15,18H,3,12H2,1-2H3. The average molecular weight is 341 g/mol. The van der Waals surface area contributed by atoms with E-state index in [9.17, 15) is 9.18 Å². The van der Waals surface area contributed by atoms with Gasteiger partial charge in [-0.15, -0.1) is 0 Å². The molecule has 0 saturated carbocycles. The topological polar surface area (TPSA) is 47.9 Å². The monoisotopic (exact) mass is 341 g/mol. The summed E-state index contributed by atoms with van der Waals surface area (Å²) in [6.45, 7) is 4.02. The Bertz CT molecular complexity index is 792. The molecule has 0 bridgehead atoms. The van der Waals surface area contributed by atoms with Crippen molar-refractivity contribution in [1.29, 1.82) is 0 Å². The third kappa shape index (κ3) is 3.71. The molecule has 1 aromatic rings. The largest absolute Gasteiger partial charge is 0.491 e. The van der Waals surface area contributed by atoms with Gasteiger partial charge in [-0.1, -0.05) is 42.0 Å². The summed E-state index contributed by atoms with van der Waals surface area (Å²) in [6.07, 6.45) is 7.47. The maximum absolute atomic E-state index is 13.9. The predicted molar refractivity (Wildman–Crippen MR) is 93.5 cm³/mol. The van der Waals surface area contributed by atoms with E-state index < -0.39 is 5.97 Å². The third-order valence-electron chi connectivity index (χ3n) is 4.15. The highest BCUT2D eigenvalue weighted by Gasteiger charge is 2.33. The van der Waals surface area contributed by atoms with Crippen molar-refractivity contribution in [3.05, 3.63) is 70.8 Å². The molecule has 5 heteroatoms. The Kier molecular flexibility index (Phi) is 5.12. The van der Waals surface area contributed by atoms with Gasteiger partial charge in [-0.25, -0.2) is 9.18 Å². The maximum Gasteiger partial charge on any atom is 0.343 e. The van der Waals surface area contributed by atoms with E-state index in [0.717, 1.165) is 5.57 Å². The van der Waals surface area contributed by atoms with Gasteiger partial charge in [-0.05, 0) is 19.9 Å². The predicted octanol–water partition coefficient (Wildman–Crippen LogP) is 3.74. The van der Waals surface area contributed by atoms with E-state index >= 15 is 0 Å². The quantitative estimate of drug-likeness (QED) is 0.767.